The minimum absolute atomic E-state index is 0.0318. The third kappa shape index (κ3) is 3.41. The SMILES string of the molecule is CC(Nc1cc(C(N)=O)ccc1Cl)c1csc(Cl)c1. The molecule has 1 unspecified atom stereocenters. The molecule has 0 aliphatic carbocycles. The number of thiophene rings is 1. The Morgan fingerprint density at radius 1 is 1.37 bits per heavy atom. The van der Waals surface area contributed by atoms with Crippen LogP contribution in [0.15, 0.2) is 29.6 Å². The van der Waals surface area contributed by atoms with Crippen LogP contribution < -0.4 is 11.1 Å². The molecule has 0 saturated carbocycles. The molecule has 1 heterocycles. The van der Waals surface area contributed by atoms with Crippen molar-refractivity contribution in [3.05, 3.63) is 50.1 Å². The normalized spacial score (nSPS) is 12.2. The molecule has 100 valence electrons. The number of nitrogens with one attached hydrogen (secondary N) is 1. The van der Waals surface area contributed by atoms with Crippen LogP contribution in [-0.4, -0.2) is 5.91 Å². The van der Waals surface area contributed by atoms with Gasteiger partial charge in [-0.05, 0) is 42.1 Å². The van der Waals surface area contributed by atoms with E-state index in [4.69, 9.17) is 28.9 Å². The smallest absolute Gasteiger partial charge is 0.248 e. The van der Waals surface area contributed by atoms with Crippen molar-refractivity contribution in [2.75, 3.05) is 5.32 Å². The van der Waals surface area contributed by atoms with Gasteiger partial charge in [-0.25, -0.2) is 0 Å². The molecule has 0 radical (unpaired) electrons. The lowest BCUT2D eigenvalue weighted by atomic mass is 10.1. The molecule has 6 heteroatoms. The number of amides is 1. The second-order valence-electron chi connectivity index (χ2n) is 4.11. The Labute approximate surface area is 125 Å². The van der Waals surface area contributed by atoms with Crippen molar-refractivity contribution in [1.82, 2.24) is 0 Å². The highest BCUT2D eigenvalue weighted by Gasteiger charge is 2.11. The number of rotatable bonds is 4. The fraction of sp³-hybridized carbons (Fsp3) is 0.154. The number of carbonyl (C=O) groups excluding carboxylic acids is 1. The lowest BCUT2D eigenvalue weighted by molar-refractivity contribution is 0.100. The summed E-state index contributed by atoms with van der Waals surface area (Å²) in [5.41, 5.74) is 7.41. The maximum absolute atomic E-state index is 11.2. The van der Waals surface area contributed by atoms with Gasteiger partial charge >= 0.3 is 0 Å². The molecule has 0 spiro atoms. The van der Waals surface area contributed by atoms with Gasteiger partial charge in [0.25, 0.3) is 0 Å². The summed E-state index contributed by atoms with van der Waals surface area (Å²) in [5, 5.41) is 5.76. The van der Waals surface area contributed by atoms with Crippen molar-refractivity contribution in [2.24, 2.45) is 5.73 Å². The number of hydrogen-bond acceptors (Lipinski definition) is 3. The molecule has 2 rings (SSSR count). The van der Waals surface area contributed by atoms with Crippen LogP contribution in [0.3, 0.4) is 0 Å². The molecule has 1 aromatic heterocycles. The zero-order valence-corrected chi connectivity index (χ0v) is 12.4. The highest BCUT2D eigenvalue weighted by Crippen LogP contribution is 2.30. The van der Waals surface area contributed by atoms with Crippen molar-refractivity contribution >= 4 is 46.1 Å². The zero-order chi connectivity index (χ0) is 14.0. The molecule has 1 aromatic carbocycles. The average molecular weight is 315 g/mol. The zero-order valence-electron chi connectivity index (χ0n) is 10.1. The molecule has 1 amide bonds. The van der Waals surface area contributed by atoms with Crippen LogP contribution in [0.5, 0.6) is 0 Å². The first-order valence-electron chi connectivity index (χ1n) is 5.57. The summed E-state index contributed by atoms with van der Waals surface area (Å²) in [4.78, 5) is 11.2. The first-order chi connectivity index (χ1) is 8.97. The second kappa shape index (κ2) is 5.82. The first kappa shape index (κ1) is 14.2. The number of benzene rings is 1. The van der Waals surface area contributed by atoms with Gasteiger partial charge in [0.15, 0.2) is 0 Å². The number of halogens is 2. The van der Waals surface area contributed by atoms with Gasteiger partial charge in [-0.3, -0.25) is 4.79 Å². The molecule has 0 saturated heterocycles. The molecule has 2 aromatic rings. The van der Waals surface area contributed by atoms with Gasteiger partial charge < -0.3 is 11.1 Å². The van der Waals surface area contributed by atoms with E-state index in [9.17, 15) is 4.79 Å². The van der Waals surface area contributed by atoms with E-state index >= 15 is 0 Å². The summed E-state index contributed by atoms with van der Waals surface area (Å²) in [6.07, 6.45) is 0. The molecule has 19 heavy (non-hydrogen) atoms. The summed E-state index contributed by atoms with van der Waals surface area (Å²) in [6.45, 7) is 1.99. The number of hydrogen-bond donors (Lipinski definition) is 2. The van der Waals surface area contributed by atoms with E-state index < -0.39 is 5.91 Å². The van der Waals surface area contributed by atoms with E-state index in [0.717, 1.165) is 9.90 Å². The monoisotopic (exact) mass is 314 g/mol. The Bertz CT molecular complexity index is 612. The van der Waals surface area contributed by atoms with Gasteiger partial charge in [0.1, 0.15) is 0 Å². The molecule has 0 aliphatic heterocycles. The summed E-state index contributed by atoms with van der Waals surface area (Å²) in [5.74, 6) is -0.481. The van der Waals surface area contributed by atoms with Crippen LogP contribution in [0.1, 0.15) is 28.9 Å². The van der Waals surface area contributed by atoms with Crippen molar-refractivity contribution in [3.63, 3.8) is 0 Å². The third-order valence-electron chi connectivity index (χ3n) is 2.71. The van der Waals surface area contributed by atoms with E-state index in [0.29, 0.717) is 16.3 Å². The average Bonchev–Trinajstić information content (AvgIpc) is 2.78. The lowest BCUT2D eigenvalue weighted by Crippen LogP contribution is -2.12. The number of primary amides is 1. The van der Waals surface area contributed by atoms with Crippen LogP contribution in [0.4, 0.5) is 5.69 Å². The predicted molar refractivity (Wildman–Crippen MR) is 81.3 cm³/mol. The lowest BCUT2D eigenvalue weighted by Gasteiger charge is -2.15. The van der Waals surface area contributed by atoms with Crippen molar-refractivity contribution < 1.29 is 4.79 Å². The van der Waals surface area contributed by atoms with Crippen LogP contribution in [0, 0.1) is 0 Å². The topological polar surface area (TPSA) is 55.1 Å². The van der Waals surface area contributed by atoms with Crippen LogP contribution in [0.25, 0.3) is 0 Å². The highest BCUT2D eigenvalue weighted by molar-refractivity contribution is 7.14. The molecule has 0 fully saturated rings. The maximum Gasteiger partial charge on any atom is 0.248 e. The fourth-order valence-corrected chi connectivity index (χ4v) is 2.81. The van der Waals surface area contributed by atoms with Crippen molar-refractivity contribution in [3.8, 4) is 0 Å². The Morgan fingerprint density at radius 2 is 2.11 bits per heavy atom. The third-order valence-corrected chi connectivity index (χ3v) is 4.15. The second-order valence-corrected chi connectivity index (χ2v) is 6.06. The fourth-order valence-electron chi connectivity index (χ4n) is 1.66. The Morgan fingerprint density at radius 3 is 2.68 bits per heavy atom. The van der Waals surface area contributed by atoms with Gasteiger partial charge in [-0.1, -0.05) is 23.2 Å². The van der Waals surface area contributed by atoms with Gasteiger partial charge in [-0.2, -0.15) is 0 Å². The van der Waals surface area contributed by atoms with Gasteiger partial charge in [0.2, 0.25) is 5.91 Å². The molecule has 3 nitrogen and oxygen atoms in total. The predicted octanol–water partition coefficient (Wildman–Crippen LogP) is 4.33. The molecule has 1 atom stereocenters. The minimum Gasteiger partial charge on any atom is -0.377 e. The van der Waals surface area contributed by atoms with Crippen LogP contribution >= 0.6 is 34.5 Å². The van der Waals surface area contributed by atoms with Crippen LogP contribution in [0.2, 0.25) is 9.36 Å². The quantitative estimate of drug-likeness (QED) is 0.882. The van der Waals surface area contributed by atoms with E-state index in [-0.39, 0.29) is 6.04 Å². The highest BCUT2D eigenvalue weighted by atomic mass is 35.5. The molecule has 0 bridgehead atoms. The van der Waals surface area contributed by atoms with Crippen molar-refractivity contribution in [2.45, 2.75) is 13.0 Å². The van der Waals surface area contributed by atoms with Gasteiger partial charge in [-0.15, -0.1) is 11.3 Å². The maximum atomic E-state index is 11.2. The van der Waals surface area contributed by atoms with Gasteiger partial charge in [0.05, 0.1) is 15.0 Å². The molecular weight excluding hydrogens is 303 g/mol. The Hall–Kier alpha value is -1.23. The van der Waals surface area contributed by atoms with Gasteiger partial charge in [0, 0.05) is 11.6 Å². The molecule has 0 aliphatic rings. The van der Waals surface area contributed by atoms with E-state index in [1.807, 2.05) is 18.4 Å². The molecule has 3 N–H and O–H groups in total. The standard InChI is InChI=1S/C13H12Cl2N2OS/c1-7(9-5-12(15)19-6-9)17-11-4-8(13(16)18)2-3-10(11)14/h2-7,17H,1H3,(H2,16,18). The summed E-state index contributed by atoms with van der Waals surface area (Å²) >= 11 is 13.5. The summed E-state index contributed by atoms with van der Waals surface area (Å²) in [6, 6.07) is 6.83. The number of anilines is 1. The molecular formula is C13H12Cl2N2OS. The largest absolute Gasteiger partial charge is 0.377 e. The van der Waals surface area contributed by atoms with E-state index in [1.165, 1.54) is 11.3 Å². The Balaban J connectivity index is 2.22. The summed E-state index contributed by atoms with van der Waals surface area (Å²) < 4.78 is 0.737. The summed E-state index contributed by atoms with van der Waals surface area (Å²) in [7, 11) is 0. The number of carbonyl (C=O) groups is 1. The van der Waals surface area contributed by atoms with E-state index in [2.05, 4.69) is 5.32 Å². The van der Waals surface area contributed by atoms with E-state index in [1.54, 1.807) is 18.2 Å². The minimum atomic E-state index is -0.481. The first-order valence-corrected chi connectivity index (χ1v) is 7.20. The number of nitrogens with two attached hydrogens (primary N) is 1. The Kier molecular flexibility index (Phi) is 4.34. The van der Waals surface area contributed by atoms with Crippen molar-refractivity contribution in [1.29, 1.82) is 0 Å². The van der Waals surface area contributed by atoms with Crippen LogP contribution in [-0.2, 0) is 0 Å².